The van der Waals surface area contributed by atoms with Crippen LogP contribution in [0.1, 0.15) is 0 Å². The van der Waals surface area contributed by atoms with Gasteiger partial charge in [-0.2, -0.15) is 0 Å². The molecule has 0 spiro atoms. The van der Waals surface area contributed by atoms with Gasteiger partial charge in [0.25, 0.3) is 0 Å². The van der Waals surface area contributed by atoms with Gasteiger partial charge < -0.3 is 8.98 Å². The van der Waals surface area contributed by atoms with Crippen LogP contribution in [0, 0.1) is 0 Å². The van der Waals surface area contributed by atoms with Gasteiger partial charge in [-0.25, -0.2) is 15.0 Å². The largest absolute Gasteiger partial charge is 0.456 e. The molecule has 71 heavy (non-hydrogen) atoms. The van der Waals surface area contributed by atoms with Crippen molar-refractivity contribution in [2.45, 2.75) is 0 Å². The molecule has 0 amide bonds. The van der Waals surface area contributed by atoms with Gasteiger partial charge in [-0.05, 0) is 77.9 Å². The van der Waals surface area contributed by atoms with E-state index in [1.165, 1.54) is 93.6 Å². The number of para-hydroxylation sites is 2. The lowest BCUT2D eigenvalue weighted by molar-refractivity contribution is 0.669. The first kappa shape index (κ1) is 39.3. The summed E-state index contributed by atoms with van der Waals surface area (Å²) >= 11 is 5.46. The Morgan fingerprint density at radius 3 is 1.51 bits per heavy atom. The summed E-state index contributed by atoms with van der Waals surface area (Å²) in [5, 5.41) is 12.0. The van der Waals surface area contributed by atoms with Crippen molar-refractivity contribution in [1.82, 2.24) is 19.5 Å². The molecule has 0 radical (unpaired) electrons. The Kier molecular flexibility index (Phi) is 8.30. The average Bonchev–Trinajstić information content (AvgIpc) is 4.25. The molecule has 6 aromatic heterocycles. The number of rotatable bonds is 5. The van der Waals surface area contributed by atoms with Gasteiger partial charge in [-0.3, -0.25) is 0 Å². The molecule has 0 aliphatic heterocycles. The van der Waals surface area contributed by atoms with Crippen LogP contribution in [-0.2, 0) is 0 Å². The minimum Gasteiger partial charge on any atom is -0.456 e. The molecule has 0 fully saturated rings. The number of thiophene rings is 3. The van der Waals surface area contributed by atoms with E-state index in [4.69, 9.17) is 19.4 Å². The van der Waals surface area contributed by atoms with E-state index in [9.17, 15) is 0 Å². The van der Waals surface area contributed by atoms with E-state index in [1.807, 2.05) is 17.4 Å². The van der Waals surface area contributed by atoms with Crippen LogP contribution in [0.5, 0.6) is 0 Å². The molecule has 6 heterocycles. The number of hydrogen-bond acceptors (Lipinski definition) is 7. The summed E-state index contributed by atoms with van der Waals surface area (Å²) in [6.07, 6.45) is 0. The molecule has 0 atom stereocenters. The van der Waals surface area contributed by atoms with Crippen molar-refractivity contribution < 1.29 is 4.42 Å². The second-order valence-electron chi connectivity index (χ2n) is 18.2. The summed E-state index contributed by atoms with van der Waals surface area (Å²) in [5.41, 5.74) is 10.2. The quantitative estimate of drug-likeness (QED) is 0.172. The molecule has 0 saturated heterocycles. The first-order valence-corrected chi connectivity index (χ1v) is 26.1. The van der Waals surface area contributed by atoms with Crippen LogP contribution in [0.4, 0.5) is 0 Å². The summed E-state index contributed by atoms with van der Waals surface area (Å²) in [4.78, 5) is 16.0. The minimum atomic E-state index is 0.596. The third-order valence-corrected chi connectivity index (χ3v) is 17.7. The van der Waals surface area contributed by atoms with Gasteiger partial charge in [0.2, 0.25) is 0 Å². The van der Waals surface area contributed by atoms with Gasteiger partial charge in [0, 0.05) is 94.1 Å². The van der Waals surface area contributed by atoms with E-state index in [-0.39, 0.29) is 0 Å². The standard InChI is InChI=1S/C63H34N4OS3/c1-6-18-48-39(12-1)40-13-2-7-19-49(40)67(48)50-30-29-38(59-45-16-5-10-23-55(45)71-60(50)59)35-26-31-51-47(32-35)58-46(17-11-20-52(58)68-51)63-65-61(36-24-27-43-41-14-3-8-21-53(41)69-56(43)33-36)64-62(66-63)37-25-28-44-42-15-4-9-22-54(42)70-57(44)34-37/h1-34H. The van der Waals surface area contributed by atoms with Crippen LogP contribution >= 0.6 is 34.0 Å². The highest BCUT2D eigenvalue weighted by Crippen LogP contribution is 2.47. The Morgan fingerprint density at radius 1 is 0.324 bits per heavy atom. The third kappa shape index (κ3) is 5.87. The Hall–Kier alpha value is -8.53. The lowest BCUT2D eigenvalue weighted by Crippen LogP contribution is -2.00. The van der Waals surface area contributed by atoms with Gasteiger partial charge in [0.15, 0.2) is 17.5 Å². The second kappa shape index (κ2) is 15.0. The van der Waals surface area contributed by atoms with Crippen molar-refractivity contribution in [3.05, 3.63) is 206 Å². The maximum atomic E-state index is 6.71. The van der Waals surface area contributed by atoms with Crippen molar-refractivity contribution >= 4 is 138 Å². The average molecular weight is 959 g/mol. The summed E-state index contributed by atoms with van der Waals surface area (Å²) in [6.45, 7) is 0. The van der Waals surface area contributed by atoms with E-state index >= 15 is 0 Å². The number of hydrogen-bond donors (Lipinski definition) is 0. The number of nitrogens with zero attached hydrogens (tertiary/aromatic N) is 4. The van der Waals surface area contributed by atoms with Crippen molar-refractivity contribution in [2.24, 2.45) is 0 Å². The third-order valence-electron chi connectivity index (χ3n) is 14.3. The fourth-order valence-corrected chi connectivity index (χ4v) is 14.6. The van der Waals surface area contributed by atoms with Crippen molar-refractivity contribution in [2.75, 3.05) is 0 Å². The molecular weight excluding hydrogens is 925 g/mol. The normalized spacial score (nSPS) is 12.2. The molecule has 16 rings (SSSR count). The van der Waals surface area contributed by atoms with Crippen molar-refractivity contribution in [3.8, 4) is 51.0 Å². The van der Waals surface area contributed by atoms with E-state index in [0.29, 0.717) is 17.5 Å². The van der Waals surface area contributed by atoms with E-state index in [1.54, 1.807) is 22.7 Å². The molecule has 330 valence electrons. The summed E-state index contributed by atoms with van der Waals surface area (Å²) < 4.78 is 16.6. The molecule has 0 aliphatic rings. The molecule has 8 heteroatoms. The monoisotopic (exact) mass is 958 g/mol. The maximum Gasteiger partial charge on any atom is 0.164 e. The van der Waals surface area contributed by atoms with Crippen LogP contribution in [0.15, 0.2) is 211 Å². The number of fused-ring (bicyclic) bond motifs is 15. The summed E-state index contributed by atoms with van der Waals surface area (Å²) in [7, 11) is 0. The van der Waals surface area contributed by atoms with Gasteiger partial charge >= 0.3 is 0 Å². The van der Waals surface area contributed by atoms with Crippen LogP contribution in [-0.4, -0.2) is 19.5 Å². The SMILES string of the molecule is c1cc(-c2nc(-c3ccc4c(c3)sc3ccccc34)nc(-c3ccc4c(c3)sc3ccccc34)n2)c2c(c1)oc1ccc(-c3ccc(-n4c5ccccc5c5ccccc54)c4sc5ccccc5c34)cc12. The zero-order valence-corrected chi connectivity index (χ0v) is 40.0. The molecular formula is C63H34N4OS3. The van der Waals surface area contributed by atoms with Crippen LogP contribution < -0.4 is 0 Å². The van der Waals surface area contributed by atoms with E-state index in [2.05, 4.69) is 205 Å². The molecule has 0 aliphatic carbocycles. The molecule has 0 saturated carbocycles. The topological polar surface area (TPSA) is 56.7 Å². The second-order valence-corrected chi connectivity index (χ2v) is 21.4. The Labute approximate surface area is 416 Å². The Morgan fingerprint density at radius 2 is 0.859 bits per heavy atom. The maximum absolute atomic E-state index is 6.71. The fourth-order valence-electron chi connectivity index (χ4n) is 11.1. The predicted molar refractivity (Wildman–Crippen MR) is 302 cm³/mol. The smallest absolute Gasteiger partial charge is 0.164 e. The van der Waals surface area contributed by atoms with Crippen molar-refractivity contribution in [3.63, 3.8) is 0 Å². The minimum absolute atomic E-state index is 0.596. The molecule has 10 aromatic carbocycles. The molecule has 0 N–H and O–H groups in total. The summed E-state index contributed by atoms with van der Waals surface area (Å²) in [6, 6.07) is 74.2. The van der Waals surface area contributed by atoms with Gasteiger partial charge in [0.1, 0.15) is 11.2 Å². The number of aromatic nitrogens is 4. The highest BCUT2D eigenvalue weighted by molar-refractivity contribution is 7.27. The lowest BCUT2D eigenvalue weighted by atomic mass is 9.96. The van der Waals surface area contributed by atoms with E-state index < -0.39 is 0 Å². The van der Waals surface area contributed by atoms with Gasteiger partial charge in [-0.1, -0.05) is 140 Å². The first-order chi connectivity index (χ1) is 35.2. The van der Waals surface area contributed by atoms with Gasteiger partial charge in [-0.15, -0.1) is 34.0 Å². The molecule has 5 nitrogen and oxygen atoms in total. The predicted octanol–water partition coefficient (Wildman–Crippen LogP) is 18.6. The van der Waals surface area contributed by atoms with Crippen LogP contribution in [0.3, 0.4) is 0 Å². The lowest BCUT2D eigenvalue weighted by Gasteiger charge is -2.13. The van der Waals surface area contributed by atoms with Crippen LogP contribution in [0.25, 0.3) is 155 Å². The van der Waals surface area contributed by atoms with Crippen molar-refractivity contribution in [1.29, 1.82) is 0 Å². The highest BCUT2D eigenvalue weighted by atomic mass is 32.1. The number of furan rings is 1. The Bertz CT molecular complexity index is 4730. The molecule has 0 unspecified atom stereocenters. The zero-order chi connectivity index (χ0) is 46.3. The van der Waals surface area contributed by atoms with Gasteiger partial charge in [0.05, 0.1) is 21.4 Å². The molecule has 0 bridgehead atoms. The Balaban J connectivity index is 0.906. The summed E-state index contributed by atoms with van der Waals surface area (Å²) in [5.74, 6) is 1.85. The van der Waals surface area contributed by atoms with Crippen LogP contribution in [0.2, 0.25) is 0 Å². The van der Waals surface area contributed by atoms with E-state index in [0.717, 1.165) is 44.2 Å². The first-order valence-electron chi connectivity index (χ1n) is 23.7. The zero-order valence-electron chi connectivity index (χ0n) is 37.6. The fraction of sp³-hybridized carbons (Fsp3) is 0. The highest BCUT2D eigenvalue weighted by Gasteiger charge is 2.23. The number of benzene rings is 10. The molecule has 16 aromatic rings.